The summed E-state index contributed by atoms with van der Waals surface area (Å²) < 4.78 is 11.0. The van der Waals surface area contributed by atoms with E-state index in [0.29, 0.717) is 0 Å². The monoisotopic (exact) mass is 426 g/mol. The van der Waals surface area contributed by atoms with E-state index in [2.05, 4.69) is 31.4 Å². The highest BCUT2D eigenvalue weighted by Gasteiger charge is 2.19. The molecule has 2 nitrogen and oxygen atoms in total. The largest absolute Gasteiger partial charge is 0.382 e. The van der Waals surface area contributed by atoms with E-state index in [-0.39, 0.29) is 0 Å². The van der Waals surface area contributed by atoms with Gasteiger partial charge in [0, 0.05) is 26.4 Å². The van der Waals surface area contributed by atoms with Crippen LogP contribution in [0.5, 0.6) is 0 Å². The van der Waals surface area contributed by atoms with Crippen LogP contribution in [0.25, 0.3) is 0 Å². The van der Waals surface area contributed by atoms with Crippen molar-refractivity contribution in [2.75, 3.05) is 44.2 Å². The summed E-state index contributed by atoms with van der Waals surface area (Å²) in [6, 6.07) is 0. The second kappa shape index (κ2) is 18.5. The predicted octanol–water partition coefficient (Wildman–Crippen LogP) is 8.02. The van der Waals surface area contributed by atoms with Gasteiger partial charge in [0.25, 0.3) is 0 Å². The molecule has 0 saturated heterocycles. The SMILES string of the molecule is CCOCCCOCCCCCCCCCCCS(C)(CC)C1=CCCCC=C1. The zero-order chi connectivity index (χ0) is 21.0. The molecular weight excluding hydrogens is 376 g/mol. The topological polar surface area (TPSA) is 18.5 Å². The number of hydrogen-bond donors (Lipinski definition) is 0. The molecule has 0 spiro atoms. The van der Waals surface area contributed by atoms with E-state index in [4.69, 9.17) is 9.47 Å². The van der Waals surface area contributed by atoms with Gasteiger partial charge in [-0.25, -0.2) is 10.0 Å². The Balaban J connectivity index is 1.92. The molecule has 1 unspecified atom stereocenters. The third-order valence-electron chi connectivity index (χ3n) is 6.07. The molecule has 1 rings (SSSR count). The summed E-state index contributed by atoms with van der Waals surface area (Å²) in [7, 11) is -0.566. The Morgan fingerprint density at radius 3 is 2.07 bits per heavy atom. The Morgan fingerprint density at radius 2 is 1.38 bits per heavy atom. The van der Waals surface area contributed by atoms with Gasteiger partial charge >= 0.3 is 0 Å². The summed E-state index contributed by atoms with van der Waals surface area (Å²) in [5.41, 5.74) is 0. The lowest BCUT2D eigenvalue weighted by molar-refractivity contribution is 0.0860. The van der Waals surface area contributed by atoms with Crippen LogP contribution in [0.1, 0.15) is 97.3 Å². The van der Waals surface area contributed by atoms with Gasteiger partial charge in [-0.05, 0) is 68.1 Å². The first-order valence-corrected chi connectivity index (χ1v) is 14.9. The molecule has 0 bridgehead atoms. The zero-order valence-electron chi connectivity index (χ0n) is 19.9. The van der Waals surface area contributed by atoms with Crippen LogP contribution in [0, 0.1) is 0 Å². The summed E-state index contributed by atoms with van der Waals surface area (Å²) in [5, 5.41) is 0. The van der Waals surface area contributed by atoms with E-state index in [1.165, 1.54) is 88.6 Å². The number of ether oxygens (including phenoxy) is 2. The number of hydrogen-bond acceptors (Lipinski definition) is 2. The van der Waals surface area contributed by atoms with Crippen LogP contribution in [0.2, 0.25) is 0 Å². The standard InChI is InChI=1S/C26H50O2S/c1-4-27-23-19-24-28-22-17-13-9-7-6-8-10-14-18-25-29(3,5-2)26-20-15-11-12-16-21-26/h15,20-21H,4-14,16-19,22-25H2,1-3H3. The second-order valence-corrected chi connectivity index (χ2v) is 12.6. The molecule has 1 aliphatic carbocycles. The molecule has 0 saturated carbocycles. The molecule has 0 aromatic heterocycles. The Bertz CT molecular complexity index is 432. The molecule has 1 atom stereocenters. The molecular formula is C26H50O2S. The number of allylic oxidation sites excluding steroid dienone is 3. The fourth-order valence-electron chi connectivity index (χ4n) is 3.91. The van der Waals surface area contributed by atoms with Crippen molar-refractivity contribution in [3.8, 4) is 0 Å². The lowest BCUT2D eigenvalue weighted by Crippen LogP contribution is -2.08. The molecule has 29 heavy (non-hydrogen) atoms. The van der Waals surface area contributed by atoms with E-state index in [9.17, 15) is 0 Å². The highest BCUT2D eigenvalue weighted by molar-refractivity contribution is 8.36. The molecule has 0 radical (unpaired) electrons. The maximum Gasteiger partial charge on any atom is 0.0487 e. The van der Waals surface area contributed by atoms with Crippen molar-refractivity contribution in [1.29, 1.82) is 0 Å². The zero-order valence-corrected chi connectivity index (χ0v) is 20.7. The van der Waals surface area contributed by atoms with Crippen molar-refractivity contribution in [3.63, 3.8) is 0 Å². The second-order valence-electron chi connectivity index (χ2n) is 8.55. The van der Waals surface area contributed by atoms with Crippen LogP contribution in [0.3, 0.4) is 0 Å². The van der Waals surface area contributed by atoms with Crippen molar-refractivity contribution in [2.45, 2.75) is 97.3 Å². The summed E-state index contributed by atoms with van der Waals surface area (Å²) >= 11 is 0. The first-order chi connectivity index (χ1) is 14.2. The van der Waals surface area contributed by atoms with Crippen LogP contribution in [0.4, 0.5) is 0 Å². The lowest BCUT2D eigenvalue weighted by atomic mass is 10.1. The third-order valence-corrected chi connectivity index (χ3v) is 9.98. The third kappa shape index (κ3) is 13.6. The summed E-state index contributed by atoms with van der Waals surface area (Å²) in [6.45, 7) is 7.88. The lowest BCUT2D eigenvalue weighted by Gasteiger charge is -2.36. The average molecular weight is 427 g/mol. The first-order valence-electron chi connectivity index (χ1n) is 12.5. The smallest absolute Gasteiger partial charge is 0.0487 e. The fourth-order valence-corrected chi connectivity index (χ4v) is 6.56. The summed E-state index contributed by atoms with van der Waals surface area (Å²) in [4.78, 5) is 1.69. The Kier molecular flexibility index (Phi) is 17.1. The van der Waals surface area contributed by atoms with Crippen LogP contribution in [0.15, 0.2) is 23.1 Å². The molecule has 0 aromatic carbocycles. The van der Waals surface area contributed by atoms with Crippen molar-refractivity contribution >= 4 is 10.0 Å². The average Bonchev–Trinajstić information content (AvgIpc) is 3.03. The number of rotatable bonds is 19. The van der Waals surface area contributed by atoms with Gasteiger partial charge in [0.05, 0.1) is 0 Å². The maximum absolute atomic E-state index is 5.65. The van der Waals surface area contributed by atoms with Crippen LogP contribution in [-0.2, 0) is 9.47 Å². The molecule has 0 N–H and O–H groups in total. The molecule has 0 heterocycles. The molecule has 1 aliphatic rings. The highest BCUT2D eigenvalue weighted by Crippen LogP contribution is 2.53. The minimum Gasteiger partial charge on any atom is -0.382 e. The van der Waals surface area contributed by atoms with Gasteiger partial charge in [-0.1, -0.05) is 70.1 Å². The van der Waals surface area contributed by atoms with Gasteiger partial charge in [0.1, 0.15) is 0 Å². The molecule has 0 fully saturated rings. The Hall–Kier alpha value is -0.250. The van der Waals surface area contributed by atoms with E-state index in [0.717, 1.165) is 32.8 Å². The van der Waals surface area contributed by atoms with Crippen molar-refractivity contribution < 1.29 is 9.47 Å². The molecule has 0 amide bonds. The van der Waals surface area contributed by atoms with Crippen molar-refractivity contribution in [2.24, 2.45) is 0 Å². The van der Waals surface area contributed by atoms with Crippen LogP contribution < -0.4 is 0 Å². The van der Waals surface area contributed by atoms with E-state index < -0.39 is 10.0 Å². The fraction of sp³-hybridized carbons (Fsp3) is 0.846. The normalized spacial score (nSPS) is 17.6. The van der Waals surface area contributed by atoms with Crippen molar-refractivity contribution in [3.05, 3.63) is 23.1 Å². The minimum atomic E-state index is -0.566. The molecule has 3 heteroatoms. The highest BCUT2D eigenvalue weighted by atomic mass is 32.3. The van der Waals surface area contributed by atoms with E-state index in [1.54, 1.807) is 4.91 Å². The first kappa shape index (κ1) is 26.8. The van der Waals surface area contributed by atoms with Gasteiger partial charge in [0.2, 0.25) is 0 Å². The molecule has 172 valence electrons. The summed E-state index contributed by atoms with van der Waals surface area (Å²) in [6.07, 6.45) is 27.3. The van der Waals surface area contributed by atoms with Crippen LogP contribution >= 0.6 is 10.0 Å². The summed E-state index contributed by atoms with van der Waals surface area (Å²) in [5.74, 6) is 2.78. The number of unbranched alkanes of at least 4 members (excludes halogenated alkanes) is 8. The molecule has 0 aliphatic heterocycles. The van der Waals surface area contributed by atoms with Gasteiger partial charge < -0.3 is 9.47 Å². The minimum absolute atomic E-state index is 0.566. The van der Waals surface area contributed by atoms with Crippen molar-refractivity contribution in [1.82, 2.24) is 0 Å². The predicted molar refractivity (Wildman–Crippen MR) is 133 cm³/mol. The maximum atomic E-state index is 5.65. The van der Waals surface area contributed by atoms with Gasteiger partial charge in [-0.15, -0.1) is 0 Å². The van der Waals surface area contributed by atoms with E-state index in [1.807, 2.05) is 6.92 Å². The van der Waals surface area contributed by atoms with Gasteiger partial charge in [-0.2, -0.15) is 0 Å². The molecule has 0 aromatic rings. The Labute approximate surface area is 184 Å². The van der Waals surface area contributed by atoms with Crippen LogP contribution in [-0.4, -0.2) is 44.2 Å². The van der Waals surface area contributed by atoms with Gasteiger partial charge in [-0.3, -0.25) is 0 Å². The Morgan fingerprint density at radius 1 is 0.759 bits per heavy atom. The van der Waals surface area contributed by atoms with E-state index >= 15 is 0 Å². The quantitative estimate of drug-likeness (QED) is 0.195. The van der Waals surface area contributed by atoms with Gasteiger partial charge in [0.15, 0.2) is 0 Å².